The number of non-ortho nitro benzene ring substituents is 1. The minimum Gasteiger partial charge on any atom is -0.492 e. The van der Waals surface area contributed by atoms with E-state index in [0.29, 0.717) is 47.3 Å². The predicted octanol–water partition coefficient (Wildman–Crippen LogP) is 5.08. The van der Waals surface area contributed by atoms with Gasteiger partial charge >= 0.3 is 0 Å². The number of rotatable bonds is 11. The van der Waals surface area contributed by atoms with Crippen LogP contribution in [0.25, 0.3) is 0 Å². The first kappa shape index (κ1) is 26.0. The van der Waals surface area contributed by atoms with Crippen molar-refractivity contribution in [1.29, 1.82) is 0 Å². The molecule has 0 heterocycles. The molecule has 1 atom stereocenters. The number of ether oxygens (including phenoxy) is 2. The fraction of sp³-hybridized carbons (Fsp3) is 0.231. The summed E-state index contributed by atoms with van der Waals surface area (Å²) in [4.78, 5) is 35.8. The lowest BCUT2D eigenvalue weighted by atomic mass is 10.1. The Hall–Kier alpha value is -4.60. The Kier molecular flexibility index (Phi) is 8.82. The summed E-state index contributed by atoms with van der Waals surface area (Å²) in [7, 11) is 0. The van der Waals surface area contributed by atoms with Crippen LogP contribution in [0.4, 0.5) is 22.7 Å². The third kappa shape index (κ3) is 6.72. The molecular weight excluding hydrogens is 464 g/mol. The van der Waals surface area contributed by atoms with Crippen LogP contribution in [0.1, 0.15) is 31.1 Å². The molecule has 0 aliphatic carbocycles. The van der Waals surface area contributed by atoms with Gasteiger partial charge in [0.2, 0.25) is 5.91 Å². The van der Waals surface area contributed by atoms with Crippen LogP contribution < -0.4 is 25.4 Å². The molecule has 0 saturated heterocycles. The fourth-order valence-electron chi connectivity index (χ4n) is 3.32. The van der Waals surface area contributed by atoms with E-state index in [9.17, 15) is 19.7 Å². The van der Waals surface area contributed by atoms with Crippen LogP contribution in [0, 0.1) is 10.1 Å². The number of carbonyl (C=O) groups excluding carboxylic acids is 2. The van der Waals surface area contributed by atoms with E-state index in [1.54, 1.807) is 43.3 Å². The van der Waals surface area contributed by atoms with Crippen molar-refractivity contribution in [3.63, 3.8) is 0 Å². The number of hydrogen-bond donors (Lipinski definition) is 3. The lowest BCUT2D eigenvalue weighted by Gasteiger charge is -2.21. The van der Waals surface area contributed by atoms with E-state index >= 15 is 0 Å². The number of amides is 2. The van der Waals surface area contributed by atoms with Gasteiger partial charge in [0.15, 0.2) is 0 Å². The van der Waals surface area contributed by atoms with Crippen LogP contribution in [0.2, 0.25) is 0 Å². The predicted molar refractivity (Wildman–Crippen MR) is 138 cm³/mol. The molecule has 3 rings (SSSR count). The maximum absolute atomic E-state index is 12.7. The number of carbonyl (C=O) groups is 2. The summed E-state index contributed by atoms with van der Waals surface area (Å²) in [6.45, 7) is 6.04. The quantitative estimate of drug-likeness (QED) is 0.251. The second-order valence-corrected chi connectivity index (χ2v) is 7.69. The number of nitro benzene ring substituents is 1. The van der Waals surface area contributed by atoms with Gasteiger partial charge in [-0.15, -0.1) is 0 Å². The highest BCUT2D eigenvalue weighted by atomic mass is 16.6. The van der Waals surface area contributed by atoms with Crippen LogP contribution in [0.15, 0.2) is 66.7 Å². The van der Waals surface area contributed by atoms with Gasteiger partial charge < -0.3 is 25.4 Å². The summed E-state index contributed by atoms with van der Waals surface area (Å²) >= 11 is 0. The Bertz CT molecular complexity index is 1220. The Balaban J connectivity index is 1.80. The molecule has 0 bridgehead atoms. The maximum atomic E-state index is 12.7. The van der Waals surface area contributed by atoms with Crippen molar-refractivity contribution in [3.05, 3.63) is 82.4 Å². The highest BCUT2D eigenvalue weighted by Crippen LogP contribution is 2.37. The lowest BCUT2D eigenvalue weighted by Crippen LogP contribution is -2.32. The molecule has 10 heteroatoms. The molecule has 0 spiro atoms. The van der Waals surface area contributed by atoms with Crippen LogP contribution in [0.3, 0.4) is 0 Å². The molecule has 2 amide bonds. The Morgan fingerprint density at radius 3 is 2.06 bits per heavy atom. The van der Waals surface area contributed by atoms with E-state index in [0.717, 1.165) is 0 Å². The molecule has 1 unspecified atom stereocenters. The molecule has 0 radical (unpaired) electrons. The van der Waals surface area contributed by atoms with Crippen LogP contribution in [-0.4, -0.2) is 36.0 Å². The summed E-state index contributed by atoms with van der Waals surface area (Å²) in [6.07, 6.45) is 0. The zero-order chi connectivity index (χ0) is 26.1. The standard InChI is InChI=1S/C26H28N4O6/c1-4-35-23-16-22(29-26(32)18-9-7-6-8-10-18)24(36-5-2)15-21(23)27-17(3)25(31)28-19-11-13-20(14-12-19)30(33)34/h6-17,27H,4-5H2,1-3H3,(H,28,31)(H,29,32). The molecular formula is C26H28N4O6. The third-order valence-corrected chi connectivity index (χ3v) is 5.08. The van der Waals surface area contributed by atoms with Gasteiger partial charge in [-0.1, -0.05) is 18.2 Å². The van der Waals surface area contributed by atoms with Gasteiger partial charge in [-0.25, -0.2) is 0 Å². The number of hydrogen-bond acceptors (Lipinski definition) is 7. The highest BCUT2D eigenvalue weighted by molar-refractivity contribution is 6.05. The lowest BCUT2D eigenvalue weighted by molar-refractivity contribution is -0.384. The Labute approximate surface area is 208 Å². The molecule has 3 aromatic carbocycles. The summed E-state index contributed by atoms with van der Waals surface area (Å²) in [5, 5.41) is 19.5. The summed E-state index contributed by atoms with van der Waals surface area (Å²) < 4.78 is 11.5. The normalized spacial score (nSPS) is 11.2. The fourth-order valence-corrected chi connectivity index (χ4v) is 3.32. The van der Waals surface area contributed by atoms with E-state index < -0.39 is 11.0 Å². The van der Waals surface area contributed by atoms with Crippen LogP contribution in [0.5, 0.6) is 11.5 Å². The van der Waals surface area contributed by atoms with E-state index in [4.69, 9.17) is 9.47 Å². The molecule has 188 valence electrons. The number of anilines is 3. The van der Waals surface area contributed by atoms with Gasteiger partial charge in [0, 0.05) is 35.5 Å². The average molecular weight is 493 g/mol. The van der Waals surface area contributed by atoms with Crippen molar-refractivity contribution >= 4 is 34.6 Å². The summed E-state index contributed by atoms with van der Waals surface area (Å²) in [6, 6.07) is 17.0. The minimum atomic E-state index is -0.696. The maximum Gasteiger partial charge on any atom is 0.269 e. The Morgan fingerprint density at radius 2 is 1.47 bits per heavy atom. The zero-order valence-corrected chi connectivity index (χ0v) is 20.2. The average Bonchev–Trinajstić information content (AvgIpc) is 2.87. The highest BCUT2D eigenvalue weighted by Gasteiger charge is 2.19. The van der Waals surface area contributed by atoms with Gasteiger partial charge in [0.25, 0.3) is 11.6 Å². The number of nitrogens with zero attached hydrogens (tertiary/aromatic N) is 1. The van der Waals surface area contributed by atoms with E-state index in [2.05, 4.69) is 16.0 Å². The number of benzene rings is 3. The molecule has 0 saturated carbocycles. The molecule has 3 aromatic rings. The van der Waals surface area contributed by atoms with E-state index in [1.165, 1.54) is 24.3 Å². The SMILES string of the molecule is CCOc1cc(NC(C)C(=O)Nc2ccc([N+](=O)[O-])cc2)c(OCC)cc1NC(=O)c1ccccc1. The smallest absolute Gasteiger partial charge is 0.269 e. The van der Waals surface area contributed by atoms with Gasteiger partial charge in [0.05, 0.1) is 29.5 Å². The van der Waals surface area contributed by atoms with Crippen molar-refractivity contribution < 1.29 is 24.0 Å². The number of nitrogens with one attached hydrogen (secondary N) is 3. The van der Waals surface area contributed by atoms with Crippen LogP contribution in [-0.2, 0) is 4.79 Å². The molecule has 0 aliphatic rings. The third-order valence-electron chi connectivity index (χ3n) is 5.08. The second-order valence-electron chi connectivity index (χ2n) is 7.69. The summed E-state index contributed by atoms with van der Waals surface area (Å²) in [5.41, 5.74) is 1.80. The molecule has 0 aliphatic heterocycles. The van der Waals surface area contributed by atoms with Crippen molar-refractivity contribution in [2.45, 2.75) is 26.8 Å². The molecule has 36 heavy (non-hydrogen) atoms. The van der Waals surface area contributed by atoms with Crippen molar-refractivity contribution in [1.82, 2.24) is 0 Å². The van der Waals surface area contributed by atoms with Gasteiger partial charge in [0.1, 0.15) is 17.5 Å². The first-order valence-corrected chi connectivity index (χ1v) is 11.4. The molecule has 0 aromatic heterocycles. The minimum absolute atomic E-state index is 0.0663. The van der Waals surface area contributed by atoms with Crippen molar-refractivity contribution in [2.75, 3.05) is 29.2 Å². The van der Waals surface area contributed by atoms with Gasteiger partial charge in [-0.2, -0.15) is 0 Å². The molecule has 3 N–H and O–H groups in total. The topological polar surface area (TPSA) is 132 Å². The van der Waals surface area contributed by atoms with Gasteiger partial charge in [-0.05, 0) is 45.0 Å². The first-order valence-electron chi connectivity index (χ1n) is 11.4. The largest absolute Gasteiger partial charge is 0.492 e. The first-order chi connectivity index (χ1) is 17.3. The van der Waals surface area contributed by atoms with Gasteiger partial charge in [-0.3, -0.25) is 19.7 Å². The van der Waals surface area contributed by atoms with E-state index in [-0.39, 0.29) is 17.5 Å². The second kappa shape index (κ2) is 12.2. The summed E-state index contributed by atoms with van der Waals surface area (Å²) in [5.74, 6) is 0.191. The molecule has 0 fully saturated rings. The molecule has 10 nitrogen and oxygen atoms in total. The number of nitro groups is 1. The monoisotopic (exact) mass is 492 g/mol. The zero-order valence-electron chi connectivity index (χ0n) is 20.2. The van der Waals surface area contributed by atoms with Crippen molar-refractivity contribution in [3.8, 4) is 11.5 Å². The van der Waals surface area contributed by atoms with Crippen molar-refractivity contribution in [2.24, 2.45) is 0 Å². The van der Waals surface area contributed by atoms with Crippen LogP contribution >= 0.6 is 0 Å². The van der Waals surface area contributed by atoms with E-state index in [1.807, 2.05) is 19.9 Å². The Morgan fingerprint density at radius 1 is 0.889 bits per heavy atom.